The molecule has 2 unspecified atom stereocenters. The van der Waals surface area contributed by atoms with E-state index in [1.807, 2.05) is 0 Å². The molecule has 2 rings (SSSR count). The Labute approximate surface area is 120 Å². The molecule has 2 aromatic heterocycles. The molecule has 8 nitrogen and oxygen atoms in total. The molecule has 2 aromatic rings. The molecule has 2 heterocycles. The van der Waals surface area contributed by atoms with Crippen LogP contribution < -0.4 is 0 Å². The van der Waals surface area contributed by atoms with Gasteiger partial charge in [0.2, 0.25) is 0 Å². The molecule has 0 bridgehead atoms. The van der Waals surface area contributed by atoms with Crippen molar-refractivity contribution in [3.8, 4) is 0 Å². The second kappa shape index (κ2) is 7.04. The maximum Gasteiger partial charge on any atom is 0.267 e. The van der Waals surface area contributed by atoms with Gasteiger partial charge in [-0.15, -0.1) is 24.8 Å². The van der Waals surface area contributed by atoms with E-state index in [0.717, 1.165) is 0 Å². The molecule has 2 atom stereocenters. The minimum atomic E-state index is -4.28. The fourth-order valence-electron chi connectivity index (χ4n) is 1.35. The van der Waals surface area contributed by atoms with E-state index in [2.05, 4.69) is 19.9 Å². The standard InChI is InChI=1S/C8H11N4O4P.2ClH/c13-7(5-1-9-3-11-5)17(15,16)8(14)6-2-10-4-12-6;;/h1-4,7-8,13-14H,(H,9,11)(H,10,12)(H,15,16);2*1H. The van der Waals surface area contributed by atoms with Crippen LogP contribution >= 0.6 is 32.2 Å². The van der Waals surface area contributed by atoms with E-state index >= 15 is 0 Å². The van der Waals surface area contributed by atoms with Gasteiger partial charge in [-0.3, -0.25) is 4.57 Å². The Morgan fingerprint density at radius 1 is 1.00 bits per heavy atom. The van der Waals surface area contributed by atoms with E-state index < -0.39 is 19.1 Å². The van der Waals surface area contributed by atoms with E-state index in [-0.39, 0.29) is 36.2 Å². The van der Waals surface area contributed by atoms with Gasteiger partial charge in [0.25, 0.3) is 7.37 Å². The molecule has 0 aliphatic carbocycles. The number of aliphatic hydroxyl groups is 2. The molecule has 0 aliphatic rings. The van der Waals surface area contributed by atoms with Crippen molar-refractivity contribution < 1.29 is 19.7 Å². The molecule has 0 amide bonds. The largest absolute Gasteiger partial charge is 0.377 e. The van der Waals surface area contributed by atoms with Gasteiger partial charge in [0.1, 0.15) is 0 Å². The average molecular weight is 331 g/mol. The number of rotatable bonds is 4. The Morgan fingerprint density at radius 3 is 1.63 bits per heavy atom. The summed E-state index contributed by atoms with van der Waals surface area (Å²) in [5.74, 6) is -3.47. The number of aromatic amines is 2. The number of hydrogen-bond donors (Lipinski definition) is 5. The average Bonchev–Trinajstić information content (AvgIpc) is 2.99. The van der Waals surface area contributed by atoms with Crippen LogP contribution in [0.1, 0.15) is 23.1 Å². The van der Waals surface area contributed by atoms with Crippen molar-refractivity contribution >= 4 is 32.2 Å². The number of hydrogen-bond acceptors (Lipinski definition) is 5. The molecule has 0 aliphatic heterocycles. The fraction of sp³-hybridized carbons (Fsp3) is 0.250. The summed E-state index contributed by atoms with van der Waals surface area (Å²) in [7, 11) is -4.28. The first-order chi connectivity index (χ1) is 8.03. The Balaban J connectivity index is 0.00000162. The van der Waals surface area contributed by atoms with Crippen molar-refractivity contribution in [1.29, 1.82) is 0 Å². The molecule has 0 spiro atoms. The van der Waals surface area contributed by atoms with Crippen LogP contribution in [0.4, 0.5) is 0 Å². The van der Waals surface area contributed by atoms with Gasteiger partial charge in [-0.25, -0.2) is 9.97 Å². The monoisotopic (exact) mass is 330 g/mol. The summed E-state index contributed by atoms with van der Waals surface area (Å²) in [5, 5.41) is 19.5. The third-order valence-electron chi connectivity index (χ3n) is 2.30. The minimum absolute atomic E-state index is 0. The van der Waals surface area contributed by atoms with E-state index in [0.29, 0.717) is 0 Å². The van der Waals surface area contributed by atoms with Gasteiger partial charge in [-0.1, -0.05) is 0 Å². The SMILES string of the molecule is Cl.Cl.O=P(O)(C(O)c1cnc[nH]1)C(O)c1cnc[nH]1. The quantitative estimate of drug-likeness (QED) is 0.529. The number of nitrogens with one attached hydrogen (secondary N) is 2. The summed E-state index contributed by atoms with van der Waals surface area (Å²) >= 11 is 0. The Hall–Kier alpha value is -0.890. The van der Waals surface area contributed by atoms with Crippen LogP contribution in [0.5, 0.6) is 0 Å². The lowest BCUT2D eigenvalue weighted by Crippen LogP contribution is -2.08. The first kappa shape index (κ1) is 18.1. The number of aliphatic hydroxyl groups excluding tert-OH is 2. The molecule has 0 saturated carbocycles. The lowest BCUT2D eigenvalue weighted by Gasteiger charge is -2.21. The van der Waals surface area contributed by atoms with Gasteiger partial charge in [-0.05, 0) is 0 Å². The summed E-state index contributed by atoms with van der Waals surface area (Å²) in [6, 6.07) is 0. The van der Waals surface area contributed by atoms with Gasteiger partial charge in [0.15, 0.2) is 11.7 Å². The summed E-state index contributed by atoms with van der Waals surface area (Å²) in [6.45, 7) is 0. The topological polar surface area (TPSA) is 135 Å². The van der Waals surface area contributed by atoms with Crippen LogP contribution in [0.25, 0.3) is 0 Å². The number of aromatic nitrogens is 4. The first-order valence-electron chi connectivity index (χ1n) is 4.68. The zero-order valence-corrected chi connectivity index (χ0v) is 11.9. The predicted molar refractivity (Wildman–Crippen MR) is 71.4 cm³/mol. The highest BCUT2D eigenvalue weighted by Crippen LogP contribution is 2.62. The van der Waals surface area contributed by atoms with Crippen molar-refractivity contribution in [2.75, 3.05) is 0 Å². The van der Waals surface area contributed by atoms with Crippen LogP contribution in [-0.4, -0.2) is 35.0 Å². The van der Waals surface area contributed by atoms with E-state index in [4.69, 9.17) is 0 Å². The molecule has 0 aromatic carbocycles. The van der Waals surface area contributed by atoms with Gasteiger partial charge in [-0.2, -0.15) is 0 Å². The van der Waals surface area contributed by atoms with Crippen molar-refractivity contribution in [3.63, 3.8) is 0 Å². The number of imidazole rings is 2. The smallest absolute Gasteiger partial charge is 0.267 e. The first-order valence-corrected chi connectivity index (χ1v) is 6.48. The number of halogens is 2. The number of H-pyrrole nitrogens is 2. The van der Waals surface area contributed by atoms with Crippen molar-refractivity contribution in [1.82, 2.24) is 19.9 Å². The second-order valence-corrected chi connectivity index (χ2v) is 5.76. The molecule has 5 N–H and O–H groups in total. The summed E-state index contributed by atoms with van der Waals surface area (Å²) in [6.07, 6.45) is 4.96. The lowest BCUT2D eigenvalue weighted by atomic mass is 10.5. The zero-order chi connectivity index (χ0) is 12.5. The Kier molecular flexibility index (Phi) is 6.71. The summed E-state index contributed by atoms with van der Waals surface area (Å²) < 4.78 is 12.0. The third-order valence-corrected chi connectivity index (χ3v) is 4.25. The lowest BCUT2D eigenvalue weighted by molar-refractivity contribution is 0.182. The highest BCUT2D eigenvalue weighted by atomic mass is 35.5. The van der Waals surface area contributed by atoms with Crippen molar-refractivity contribution in [3.05, 3.63) is 36.4 Å². The predicted octanol–water partition coefficient (Wildman–Crippen LogP) is 0.929. The normalized spacial score (nSPS) is 16.6. The second-order valence-electron chi connectivity index (χ2n) is 3.43. The van der Waals surface area contributed by atoms with Crippen LogP contribution in [0.2, 0.25) is 0 Å². The van der Waals surface area contributed by atoms with E-state index in [1.54, 1.807) is 0 Å². The van der Waals surface area contributed by atoms with Gasteiger partial charge in [0.05, 0.1) is 36.4 Å². The molecule has 0 fully saturated rings. The van der Waals surface area contributed by atoms with Crippen molar-refractivity contribution in [2.45, 2.75) is 11.7 Å². The highest BCUT2D eigenvalue weighted by Gasteiger charge is 2.40. The van der Waals surface area contributed by atoms with E-state index in [1.165, 1.54) is 25.0 Å². The van der Waals surface area contributed by atoms with Gasteiger partial charge in [0, 0.05) is 0 Å². The third kappa shape index (κ3) is 3.56. The molecular formula is C8H13Cl2N4O4P. The van der Waals surface area contributed by atoms with Crippen molar-refractivity contribution in [2.24, 2.45) is 0 Å². The Morgan fingerprint density at radius 2 is 1.37 bits per heavy atom. The minimum Gasteiger partial charge on any atom is -0.377 e. The molecule has 19 heavy (non-hydrogen) atoms. The summed E-state index contributed by atoms with van der Waals surface area (Å²) in [4.78, 5) is 22.0. The fourth-order valence-corrected chi connectivity index (χ4v) is 2.70. The molecule has 0 saturated heterocycles. The Bertz CT molecular complexity index is 477. The van der Waals surface area contributed by atoms with Gasteiger partial charge >= 0.3 is 0 Å². The zero-order valence-electron chi connectivity index (χ0n) is 9.37. The maximum atomic E-state index is 12.0. The van der Waals surface area contributed by atoms with Crippen LogP contribution in [0.3, 0.4) is 0 Å². The van der Waals surface area contributed by atoms with E-state index in [9.17, 15) is 19.7 Å². The van der Waals surface area contributed by atoms with Crippen LogP contribution in [0.15, 0.2) is 25.0 Å². The highest BCUT2D eigenvalue weighted by molar-refractivity contribution is 7.58. The molecular weight excluding hydrogens is 318 g/mol. The molecule has 11 heteroatoms. The number of nitrogens with zero attached hydrogens (tertiary/aromatic N) is 2. The molecule has 108 valence electrons. The van der Waals surface area contributed by atoms with Crippen LogP contribution in [0, 0.1) is 0 Å². The maximum absolute atomic E-state index is 12.0. The van der Waals surface area contributed by atoms with Crippen LogP contribution in [-0.2, 0) is 4.57 Å². The van der Waals surface area contributed by atoms with Gasteiger partial charge < -0.3 is 25.1 Å². The molecule has 0 radical (unpaired) electrons. The summed E-state index contributed by atoms with van der Waals surface area (Å²) in [5.41, 5.74) is 0.129.